The lowest BCUT2D eigenvalue weighted by atomic mass is 10.1. The van der Waals surface area contributed by atoms with Crippen molar-refractivity contribution in [2.24, 2.45) is 0 Å². The zero-order chi connectivity index (χ0) is 24.1. The van der Waals surface area contributed by atoms with Crippen molar-refractivity contribution in [2.75, 3.05) is 25.0 Å². The molecule has 9 nitrogen and oxygen atoms in total. The third-order valence-corrected chi connectivity index (χ3v) is 5.42. The Morgan fingerprint density at radius 1 is 1.15 bits per heavy atom. The predicted molar refractivity (Wildman–Crippen MR) is 127 cm³/mol. The Morgan fingerprint density at radius 3 is 2.59 bits per heavy atom. The van der Waals surface area contributed by atoms with Gasteiger partial charge in [-0.05, 0) is 43.7 Å². The van der Waals surface area contributed by atoms with E-state index in [9.17, 15) is 9.59 Å². The lowest BCUT2D eigenvalue weighted by Crippen LogP contribution is -2.41. The first-order valence-corrected chi connectivity index (χ1v) is 11.1. The molecule has 4 rings (SSSR count). The van der Waals surface area contributed by atoms with Gasteiger partial charge in [-0.15, -0.1) is 0 Å². The van der Waals surface area contributed by atoms with E-state index < -0.39 is 5.91 Å². The standard InChI is InChI=1S/C24H23ClN4O5/c1-15(14-30)33-18-9-17(23(31)28-22-13-26-5-6-27-22)10-19(12-18)34-21-4-3-16(11-20(21)25)24(32)29-7-2-8-29/h3-6,9-13,15,30H,2,7-8,14H2,1H3,(H,27,28,31)/p+1/t15-/m0/s1. The number of halogens is 1. The molecule has 10 heteroatoms. The van der Waals surface area contributed by atoms with Crippen molar-refractivity contribution in [1.82, 2.24) is 14.9 Å². The monoisotopic (exact) mass is 483 g/mol. The van der Waals surface area contributed by atoms with Crippen LogP contribution in [-0.2, 0) is 0 Å². The van der Waals surface area contributed by atoms with E-state index in [0.29, 0.717) is 28.6 Å². The molecule has 0 unspecified atom stereocenters. The summed E-state index contributed by atoms with van der Waals surface area (Å²) in [4.78, 5) is 35.0. The summed E-state index contributed by atoms with van der Waals surface area (Å²) in [6.07, 6.45) is 5.02. The quantitative estimate of drug-likeness (QED) is 0.490. The largest absolute Gasteiger partial charge is 0.483 e. The van der Waals surface area contributed by atoms with Crippen LogP contribution in [0.2, 0.25) is 5.02 Å². The number of nitrogens with one attached hydrogen (secondary N) is 1. The molecule has 3 aromatic rings. The maximum absolute atomic E-state index is 12.8. The zero-order valence-electron chi connectivity index (χ0n) is 18.5. The number of ether oxygens (including phenoxy) is 2. The summed E-state index contributed by atoms with van der Waals surface area (Å²) in [5, 5.41) is 10.4. The highest BCUT2D eigenvalue weighted by Gasteiger charge is 2.22. The molecule has 1 aliphatic rings. The van der Waals surface area contributed by atoms with Crippen LogP contribution in [0, 0.1) is 0 Å². The first kappa shape index (κ1) is 23.5. The third kappa shape index (κ3) is 5.62. The van der Waals surface area contributed by atoms with Crippen LogP contribution in [0.4, 0.5) is 5.82 Å². The minimum Gasteiger partial charge on any atom is -0.483 e. The fourth-order valence-corrected chi connectivity index (χ4v) is 3.42. The highest BCUT2D eigenvalue weighted by molar-refractivity contribution is 6.32. The summed E-state index contributed by atoms with van der Waals surface area (Å²) < 4.78 is 11.7. The maximum Gasteiger partial charge on any atom is 0.257 e. The van der Waals surface area contributed by atoms with Crippen molar-refractivity contribution in [3.05, 3.63) is 71.1 Å². The molecule has 1 aliphatic heterocycles. The highest BCUT2D eigenvalue weighted by atomic mass is 35.5. The van der Waals surface area contributed by atoms with Gasteiger partial charge in [-0.3, -0.25) is 14.6 Å². The van der Waals surface area contributed by atoms with Gasteiger partial charge in [-0.2, -0.15) is 0 Å². The van der Waals surface area contributed by atoms with E-state index in [2.05, 4.69) is 15.3 Å². The predicted octanol–water partition coefficient (Wildman–Crippen LogP) is 3.51. The van der Waals surface area contributed by atoms with Crippen LogP contribution in [0.5, 0.6) is 17.2 Å². The first-order valence-electron chi connectivity index (χ1n) is 10.7. The average molecular weight is 484 g/mol. The molecule has 1 atom stereocenters. The minimum absolute atomic E-state index is 0.0462. The van der Waals surface area contributed by atoms with Crippen LogP contribution in [0.25, 0.3) is 0 Å². The van der Waals surface area contributed by atoms with Crippen LogP contribution < -0.4 is 14.8 Å². The number of likely N-dealkylation sites (tertiary alicyclic amines) is 1. The lowest BCUT2D eigenvalue weighted by molar-refractivity contribution is 0.0651. The van der Waals surface area contributed by atoms with Crippen LogP contribution in [0.3, 0.4) is 0 Å². The molecule has 0 aliphatic carbocycles. The molecule has 2 aromatic carbocycles. The van der Waals surface area contributed by atoms with E-state index >= 15 is 0 Å². The number of benzene rings is 2. The molecular formula is C24H24ClN4O5+. The van der Waals surface area contributed by atoms with Crippen LogP contribution in [0.15, 0.2) is 55.0 Å². The van der Waals surface area contributed by atoms with Crippen molar-refractivity contribution in [2.45, 2.75) is 19.4 Å². The fourth-order valence-electron chi connectivity index (χ4n) is 3.20. The van der Waals surface area contributed by atoms with E-state index in [1.165, 1.54) is 18.6 Å². The number of hydrogen-bond acceptors (Lipinski definition) is 6. The molecule has 0 saturated carbocycles. The average Bonchev–Trinajstić information content (AvgIpc) is 2.79. The third-order valence-electron chi connectivity index (χ3n) is 5.12. The SMILES string of the molecule is C[C@@H](C[OH2+])Oc1cc(Oc2ccc(C(=O)N3CCC3)cc2Cl)cc(C(=O)Nc2cnccn2)c1. The van der Waals surface area contributed by atoms with Gasteiger partial charge in [0.25, 0.3) is 11.8 Å². The Balaban J connectivity index is 1.58. The van der Waals surface area contributed by atoms with E-state index in [1.807, 2.05) is 0 Å². The number of rotatable bonds is 8. The smallest absolute Gasteiger partial charge is 0.257 e. The summed E-state index contributed by atoms with van der Waals surface area (Å²) in [5.41, 5.74) is 0.749. The normalized spacial score (nSPS) is 13.6. The molecule has 2 heterocycles. The second-order valence-corrected chi connectivity index (χ2v) is 8.17. The number of nitrogens with zero attached hydrogens (tertiary/aromatic N) is 3. The molecule has 0 spiro atoms. The van der Waals surface area contributed by atoms with Gasteiger partial charge in [0.1, 0.15) is 17.2 Å². The summed E-state index contributed by atoms with van der Waals surface area (Å²) in [5.74, 6) is 0.794. The van der Waals surface area contributed by atoms with Gasteiger partial charge in [0.2, 0.25) is 0 Å². The number of hydrogen-bond donors (Lipinski definition) is 1. The topological polar surface area (TPSA) is 117 Å². The molecule has 176 valence electrons. The van der Waals surface area contributed by atoms with E-state index in [0.717, 1.165) is 19.5 Å². The molecule has 2 amide bonds. The maximum atomic E-state index is 12.8. The van der Waals surface area contributed by atoms with Crippen molar-refractivity contribution in [3.63, 3.8) is 0 Å². The van der Waals surface area contributed by atoms with Crippen molar-refractivity contribution >= 4 is 29.2 Å². The Labute approximate surface area is 201 Å². The number of anilines is 1. The van der Waals surface area contributed by atoms with E-state index in [-0.39, 0.29) is 29.2 Å². The van der Waals surface area contributed by atoms with Crippen LogP contribution >= 0.6 is 11.6 Å². The van der Waals surface area contributed by atoms with Gasteiger partial charge in [-0.25, -0.2) is 4.98 Å². The van der Waals surface area contributed by atoms with Gasteiger partial charge in [0.15, 0.2) is 18.5 Å². The Morgan fingerprint density at radius 2 is 1.94 bits per heavy atom. The molecule has 1 fully saturated rings. The number of carbonyl (C=O) groups excluding carboxylic acids is 2. The van der Waals surface area contributed by atoms with E-state index in [4.69, 9.17) is 26.2 Å². The van der Waals surface area contributed by atoms with Gasteiger partial charge < -0.3 is 24.8 Å². The molecular weight excluding hydrogens is 460 g/mol. The summed E-state index contributed by atoms with van der Waals surface area (Å²) in [6.45, 7) is 3.30. The van der Waals surface area contributed by atoms with Gasteiger partial charge in [0.05, 0.1) is 11.2 Å². The van der Waals surface area contributed by atoms with Crippen molar-refractivity contribution in [1.29, 1.82) is 0 Å². The fraction of sp³-hybridized carbons (Fsp3) is 0.250. The molecule has 1 aromatic heterocycles. The lowest BCUT2D eigenvalue weighted by Gasteiger charge is -2.31. The number of amides is 2. The highest BCUT2D eigenvalue weighted by Crippen LogP contribution is 2.33. The zero-order valence-corrected chi connectivity index (χ0v) is 19.2. The molecule has 0 bridgehead atoms. The Hall–Kier alpha value is -3.69. The van der Waals surface area contributed by atoms with Crippen molar-refractivity contribution in [3.8, 4) is 17.2 Å². The Kier molecular flexibility index (Phi) is 7.24. The number of carbonyl (C=O) groups is 2. The molecule has 1 saturated heterocycles. The van der Waals surface area contributed by atoms with Gasteiger partial charge >= 0.3 is 0 Å². The minimum atomic E-state index is -0.434. The second-order valence-electron chi connectivity index (χ2n) is 7.76. The summed E-state index contributed by atoms with van der Waals surface area (Å²) >= 11 is 6.40. The molecule has 3 N–H and O–H groups in total. The summed E-state index contributed by atoms with van der Waals surface area (Å²) in [6, 6.07) is 9.56. The Bertz CT molecular complexity index is 1190. The second kappa shape index (κ2) is 10.5. The van der Waals surface area contributed by atoms with Gasteiger partial charge in [0, 0.05) is 42.7 Å². The van der Waals surface area contributed by atoms with E-state index in [1.54, 1.807) is 48.2 Å². The van der Waals surface area contributed by atoms with Gasteiger partial charge in [-0.1, -0.05) is 11.6 Å². The summed E-state index contributed by atoms with van der Waals surface area (Å²) in [7, 11) is 0. The first-order chi connectivity index (χ1) is 16.4. The van der Waals surface area contributed by atoms with Crippen LogP contribution in [0.1, 0.15) is 34.1 Å². The van der Waals surface area contributed by atoms with Crippen molar-refractivity contribution < 1.29 is 24.2 Å². The molecule has 0 radical (unpaired) electrons. The molecule has 34 heavy (non-hydrogen) atoms. The van der Waals surface area contributed by atoms with Crippen LogP contribution in [-0.4, -0.2) is 57.6 Å². The number of aromatic nitrogens is 2.